The smallest absolute Gasteiger partial charge is 0.303 e. The second-order valence-corrected chi connectivity index (χ2v) is 22.2. The van der Waals surface area contributed by atoms with Crippen molar-refractivity contribution in [2.45, 2.75) is 138 Å². The third-order valence-electron chi connectivity index (χ3n) is 13.1. The second kappa shape index (κ2) is 24.9. The monoisotopic (exact) mass is 1000 g/mol. The molecule has 2 aromatic rings. The van der Waals surface area contributed by atoms with Crippen LogP contribution < -0.4 is 15.5 Å². The first-order valence-corrected chi connectivity index (χ1v) is 27.1. The lowest BCUT2D eigenvalue weighted by atomic mass is 9.77. The Balaban J connectivity index is 1.49. The van der Waals surface area contributed by atoms with Gasteiger partial charge in [-0.25, -0.2) is 5.26 Å². The Hall–Kier alpha value is -4.41. The number of carboxylic acid groups (broad SMARTS) is 1. The highest BCUT2D eigenvalue weighted by Gasteiger charge is 2.45. The second-order valence-electron chi connectivity index (χ2n) is 18.5. The molecule has 2 atom stereocenters. The molecule has 3 aliphatic rings. The molecular weight excluding hydrogens is 937 g/mol. The zero-order valence-corrected chi connectivity index (χ0v) is 41.6. The van der Waals surface area contributed by atoms with Gasteiger partial charge in [0.2, 0.25) is 17.5 Å². The summed E-state index contributed by atoms with van der Waals surface area (Å²) in [6.45, 7) is 7.83. The molecule has 5 rings (SSSR count). The molecule has 0 aromatic heterocycles. The lowest BCUT2D eigenvalue weighted by Gasteiger charge is -2.30. The van der Waals surface area contributed by atoms with Crippen LogP contribution in [0.5, 0.6) is 0 Å². The molecule has 17 nitrogen and oxygen atoms in total. The summed E-state index contributed by atoms with van der Waals surface area (Å²) in [5.74, 6) is -1.55. The molecule has 2 aromatic carbocycles. The van der Waals surface area contributed by atoms with E-state index in [0.717, 1.165) is 65.3 Å². The Labute approximate surface area is 404 Å². The predicted molar refractivity (Wildman–Crippen MR) is 260 cm³/mol. The van der Waals surface area contributed by atoms with Crippen molar-refractivity contribution in [2.24, 2.45) is 5.92 Å². The van der Waals surface area contributed by atoms with Gasteiger partial charge in [-0.2, -0.15) is 21.4 Å². The van der Waals surface area contributed by atoms with Gasteiger partial charge in [-0.1, -0.05) is 48.9 Å². The number of allylic oxidation sites excluding steroid dienone is 6. The van der Waals surface area contributed by atoms with Gasteiger partial charge in [0, 0.05) is 84.7 Å². The van der Waals surface area contributed by atoms with Gasteiger partial charge in [-0.3, -0.25) is 23.5 Å². The molecule has 374 valence electrons. The summed E-state index contributed by atoms with van der Waals surface area (Å²) in [4.78, 5) is 39.6. The van der Waals surface area contributed by atoms with E-state index >= 15 is 0 Å². The Morgan fingerprint density at radius 1 is 0.853 bits per heavy atom. The molecule has 3 aliphatic heterocycles. The van der Waals surface area contributed by atoms with E-state index in [4.69, 9.17) is 14.7 Å². The van der Waals surface area contributed by atoms with Crippen LogP contribution in [0.4, 0.5) is 11.4 Å². The highest BCUT2D eigenvalue weighted by atomic mass is 32.2. The van der Waals surface area contributed by atoms with Crippen molar-refractivity contribution in [1.82, 2.24) is 10.6 Å². The zero-order valence-electron chi connectivity index (χ0n) is 39.2. The summed E-state index contributed by atoms with van der Waals surface area (Å²) < 4.78 is 75.2. The van der Waals surface area contributed by atoms with Crippen LogP contribution in [0.25, 0.3) is 0 Å². The van der Waals surface area contributed by atoms with E-state index in [-0.39, 0.29) is 48.4 Å². The minimum Gasteiger partial charge on any atom is -0.481 e. The van der Waals surface area contributed by atoms with Crippen molar-refractivity contribution < 1.29 is 64.6 Å². The van der Waals surface area contributed by atoms with Crippen LogP contribution in [-0.4, -0.2) is 96.3 Å². The molecule has 0 spiro atoms. The molecular formula is C48H67N4O13S3+. The molecule has 0 aliphatic carbocycles. The third-order valence-corrected chi connectivity index (χ3v) is 15.3. The van der Waals surface area contributed by atoms with Gasteiger partial charge in [0.1, 0.15) is 6.54 Å². The number of carbonyl (C=O) groups excluding carboxylic acids is 2. The van der Waals surface area contributed by atoms with Crippen molar-refractivity contribution >= 4 is 67.1 Å². The molecule has 20 heteroatoms. The van der Waals surface area contributed by atoms with Crippen molar-refractivity contribution in [3.8, 4) is 0 Å². The summed E-state index contributed by atoms with van der Waals surface area (Å²) in [7, 11) is -8.85. The Bertz CT molecular complexity index is 2470. The van der Waals surface area contributed by atoms with Gasteiger partial charge in [-0.05, 0) is 114 Å². The van der Waals surface area contributed by atoms with Gasteiger partial charge in [0.15, 0.2) is 5.71 Å². The number of unbranched alkanes of at least 4 members (excludes halogenated alkanes) is 2. The van der Waals surface area contributed by atoms with E-state index in [1.54, 1.807) is 6.07 Å². The van der Waals surface area contributed by atoms with Crippen molar-refractivity contribution in [3.05, 3.63) is 83.6 Å². The normalized spacial score (nSPS) is 22.5. The van der Waals surface area contributed by atoms with Gasteiger partial charge in [0.05, 0.1) is 28.1 Å². The van der Waals surface area contributed by atoms with Crippen molar-refractivity contribution in [2.75, 3.05) is 36.8 Å². The number of nitrogens with zero attached hydrogens (tertiary/aromatic N) is 2. The molecule has 0 fully saturated rings. The zero-order chi connectivity index (χ0) is 49.5. The minimum atomic E-state index is -4.58. The van der Waals surface area contributed by atoms with Crippen molar-refractivity contribution in [3.63, 3.8) is 0 Å². The SMILES string of the molecule is CC1(C)C2=[N+](CCCCCC(=O)NCC(CCCCCC(=O)O)CNC(=O)CCCCCC3(C)/C(=C/C=C/C=C2)N(CCCS(=O)(=O)O)c2ccc(S(=O)(=O)O)cc23)c2ccc(SOOO)cc21. The number of nitrogens with one attached hydrogen (secondary N) is 2. The number of carboxylic acids is 1. The maximum Gasteiger partial charge on any atom is 0.303 e. The molecule has 3 heterocycles. The molecule has 0 bridgehead atoms. The summed E-state index contributed by atoms with van der Waals surface area (Å²) in [5.41, 5.74) is 3.82. The van der Waals surface area contributed by atoms with Crippen LogP contribution in [0.1, 0.15) is 128 Å². The number of benzene rings is 2. The highest BCUT2D eigenvalue weighted by molar-refractivity contribution is 7.94. The number of aliphatic carboxylic acids is 1. The van der Waals surface area contributed by atoms with E-state index in [1.807, 2.05) is 54.3 Å². The molecule has 6 N–H and O–H groups in total. The van der Waals surface area contributed by atoms with Gasteiger partial charge in [-0.15, -0.1) is 4.33 Å². The lowest BCUT2D eigenvalue weighted by Crippen LogP contribution is -2.36. The standard InChI is InChI=1S/C48H66N4O13S3/c1-47(2)38-31-36(66-65-64-57)23-25-40(38)51-28-15-7-12-21-45(54)50-34-35(17-8-4-13-22-46(55)56)33-49-44(53)20-11-6-14-27-48(3)39-32-37(68(61,62)63)24-26-41(39)52(29-16-30-67(58,59)60)43(48)19-10-5-9-18-42(47)51/h5,9-10,18-19,23-26,31-32,35H,4,6-8,11-17,20-22,27-30,33-34H2,1-3H3,(H5-,49,50,53,54,55,56,57,58,59,60,61,62,63)/p+1. The van der Waals surface area contributed by atoms with Crippen LogP contribution in [0, 0.1) is 5.92 Å². The summed E-state index contributed by atoms with van der Waals surface area (Å²) in [6, 6.07) is 10.3. The van der Waals surface area contributed by atoms with E-state index in [2.05, 4.69) is 40.2 Å². The first-order chi connectivity index (χ1) is 32.2. The van der Waals surface area contributed by atoms with Gasteiger partial charge < -0.3 is 20.6 Å². The number of hydrogen-bond acceptors (Lipinski definition) is 12. The first kappa shape index (κ1) is 54.5. The Morgan fingerprint density at radius 3 is 2.22 bits per heavy atom. The fourth-order valence-electron chi connectivity index (χ4n) is 9.49. The number of amides is 2. The maximum absolute atomic E-state index is 13.1. The van der Waals surface area contributed by atoms with Crippen molar-refractivity contribution in [1.29, 1.82) is 0 Å². The van der Waals surface area contributed by atoms with Crippen LogP contribution in [-0.2, 0) is 54.8 Å². The van der Waals surface area contributed by atoms with Gasteiger partial charge >= 0.3 is 5.97 Å². The molecule has 2 unspecified atom stereocenters. The third kappa shape index (κ3) is 15.3. The number of fused-ring (bicyclic) bond motifs is 5. The average molecular weight is 1000 g/mol. The highest BCUT2D eigenvalue weighted by Crippen LogP contribution is 2.51. The van der Waals surface area contributed by atoms with Crippen LogP contribution in [0.3, 0.4) is 0 Å². The Kier molecular flexibility index (Phi) is 20.0. The van der Waals surface area contributed by atoms with Crippen LogP contribution >= 0.6 is 12.0 Å². The van der Waals surface area contributed by atoms with Crippen LogP contribution in [0.15, 0.2) is 82.3 Å². The van der Waals surface area contributed by atoms with Gasteiger partial charge in [0.25, 0.3) is 20.2 Å². The van der Waals surface area contributed by atoms with E-state index in [1.165, 1.54) is 12.1 Å². The van der Waals surface area contributed by atoms with E-state index < -0.39 is 42.8 Å². The minimum absolute atomic E-state index is 0.0387. The molecule has 68 heavy (non-hydrogen) atoms. The van der Waals surface area contributed by atoms with E-state index in [9.17, 15) is 40.3 Å². The lowest BCUT2D eigenvalue weighted by molar-refractivity contribution is -0.438. The number of rotatable bonds is 14. The number of carbonyl (C=O) groups is 3. The quantitative estimate of drug-likeness (QED) is 0.0261. The fourth-order valence-corrected chi connectivity index (χ4v) is 10.9. The predicted octanol–water partition coefficient (Wildman–Crippen LogP) is 8.20. The van der Waals surface area contributed by atoms with E-state index in [0.29, 0.717) is 82.3 Å². The largest absolute Gasteiger partial charge is 0.481 e. The van der Waals surface area contributed by atoms with Crippen LogP contribution in [0.2, 0.25) is 0 Å². The molecule has 0 saturated carbocycles. The maximum atomic E-state index is 13.1. The molecule has 2 amide bonds. The Morgan fingerprint density at radius 2 is 1.56 bits per heavy atom. The molecule has 0 radical (unpaired) electrons. The summed E-state index contributed by atoms with van der Waals surface area (Å²) in [6.07, 6.45) is 17.8. The molecule has 0 saturated heterocycles. The fraction of sp³-hybridized carbons (Fsp3) is 0.542. The summed E-state index contributed by atoms with van der Waals surface area (Å²) >= 11 is 0.881. The average Bonchev–Trinajstić information content (AvgIpc) is 3.62. The topological polar surface area (TPSA) is 249 Å². The number of hydrogen-bond donors (Lipinski definition) is 6. The first-order valence-electron chi connectivity index (χ1n) is 23.3. The number of anilines is 1. The summed E-state index contributed by atoms with van der Waals surface area (Å²) in [5, 5.41) is 27.8.